The van der Waals surface area contributed by atoms with Crippen LogP contribution in [0.25, 0.3) is 0 Å². The maximum absolute atomic E-state index is 12.1. The number of hydrogen-bond donors (Lipinski definition) is 1. The zero-order valence-electron chi connectivity index (χ0n) is 14.7. The highest BCUT2D eigenvalue weighted by Crippen LogP contribution is 2.31. The molecule has 3 rings (SSSR count). The molecule has 6 heteroatoms. The molecule has 1 N–H and O–H groups in total. The normalized spacial score (nSPS) is 25.1. The van der Waals surface area contributed by atoms with Crippen molar-refractivity contribution in [2.24, 2.45) is 11.8 Å². The fraction of sp³-hybridized carbons (Fsp3) is 0.579. The number of amides is 1. The quantitative estimate of drug-likeness (QED) is 0.848. The molecule has 1 heterocycles. The van der Waals surface area contributed by atoms with Crippen LogP contribution in [0.3, 0.4) is 0 Å². The SMILES string of the molecule is CC1CCCC(NC(=O)COC(=O)c2ccc3c(c2)OCCO3)C1C. The van der Waals surface area contributed by atoms with Gasteiger partial charge in [0.2, 0.25) is 0 Å². The van der Waals surface area contributed by atoms with E-state index in [1.165, 1.54) is 6.42 Å². The molecule has 0 aromatic heterocycles. The number of ether oxygens (including phenoxy) is 3. The van der Waals surface area contributed by atoms with Crippen molar-refractivity contribution in [3.05, 3.63) is 23.8 Å². The van der Waals surface area contributed by atoms with Crippen LogP contribution >= 0.6 is 0 Å². The highest BCUT2D eigenvalue weighted by molar-refractivity contribution is 5.92. The topological polar surface area (TPSA) is 73.9 Å². The fourth-order valence-corrected chi connectivity index (χ4v) is 3.42. The number of fused-ring (bicyclic) bond motifs is 1. The van der Waals surface area contributed by atoms with Gasteiger partial charge in [0.1, 0.15) is 13.2 Å². The van der Waals surface area contributed by atoms with Gasteiger partial charge >= 0.3 is 5.97 Å². The number of carbonyl (C=O) groups excluding carboxylic acids is 2. The third-order valence-corrected chi connectivity index (χ3v) is 5.17. The minimum absolute atomic E-state index is 0.157. The van der Waals surface area contributed by atoms with E-state index in [1.54, 1.807) is 18.2 Å². The number of rotatable bonds is 4. The Hall–Kier alpha value is -2.24. The first-order valence-corrected chi connectivity index (χ1v) is 8.90. The highest BCUT2D eigenvalue weighted by atomic mass is 16.6. The lowest BCUT2D eigenvalue weighted by molar-refractivity contribution is -0.125. The summed E-state index contributed by atoms with van der Waals surface area (Å²) < 4.78 is 16.0. The van der Waals surface area contributed by atoms with Gasteiger partial charge in [-0.15, -0.1) is 0 Å². The molecule has 1 amide bonds. The molecule has 1 aliphatic heterocycles. The van der Waals surface area contributed by atoms with Crippen molar-refractivity contribution in [2.75, 3.05) is 19.8 Å². The van der Waals surface area contributed by atoms with E-state index < -0.39 is 5.97 Å². The fourth-order valence-electron chi connectivity index (χ4n) is 3.42. The van der Waals surface area contributed by atoms with E-state index in [9.17, 15) is 9.59 Å². The molecule has 3 atom stereocenters. The van der Waals surface area contributed by atoms with Crippen LogP contribution < -0.4 is 14.8 Å². The first-order valence-electron chi connectivity index (χ1n) is 8.90. The molecule has 0 radical (unpaired) electrons. The van der Waals surface area contributed by atoms with Crippen molar-refractivity contribution >= 4 is 11.9 Å². The maximum atomic E-state index is 12.1. The molecule has 1 fully saturated rings. The molecule has 0 bridgehead atoms. The first kappa shape index (κ1) is 17.6. The van der Waals surface area contributed by atoms with E-state index in [0.29, 0.717) is 42.1 Å². The first-order chi connectivity index (χ1) is 12.0. The maximum Gasteiger partial charge on any atom is 0.338 e. The molecule has 2 aliphatic rings. The van der Waals surface area contributed by atoms with Crippen molar-refractivity contribution in [2.45, 2.75) is 39.2 Å². The van der Waals surface area contributed by atoms with Crippen LogP contribution in [0.5, 0.6) is 11.5 Å². The van der Waals surface area contributed by atoms with Crippen molar-refractivity contribution in [1.29, 1.82) is 0 Å². The second-order valence-corrected chi connectivity index (χ2v) is 6.88. The molecule has 1 aromatic rings. The number of esters is 1. The minimum Gasteiger partial charge on any atom is -0.486 e. The van der Waals surface area contributed by atoms with E-state index in [2.05, 4.69) is 19.2 Å². The monoisotopic (exact) mass is 347 g/mol. The zero-order chi connectivity index (χ0) is 17.8. The van der Waals surface area contributed by atoms with Crippen LogP contribution in [0, 0.1) is 11.8 Å². The van der Waals surface area contributed by atoms with E-state index >= 15 is 0 Å². The average molecular weight is 347 g/mol. The largest absolute Gasteiger partial charge is 0.486 e. The van der Waals surface area contributed by atoms with Gasteiger partial charge in [0.05, 0.1) is 5.56 Å². The van der Waals surface area contributed by atoms with Crippen molar-refractivity contribution in [3.63, 3.8) is 0 Å². The lowest BCUT2D eigenvalue weighted by atomic mass is 9.78. The van der Waals surface area contributed by atoms with Gasteiger partial charge in [0, 0.05) is 6.04 Å². The molecule has 25 heavy (non-hydrogen) atoms. The van der Waals surface area contributed by atoms with Gasteiger partial charge in [-0.2, -0.15) is 0 Å². The van der Waals surface area contributed by atoms with Crippen molar-refractivity contribution in [3.8, 4) is 11.5 Å². The van der Waals surface area contributed by atoms with Gasteiger partial charge in [-0.05, 0) is 36.5 Å². The summed E-state index contributed by atoms with van der Waals surface area (Å²) in [4.78, 5) is 24.2. The van der Waals surface area contributed by atoms with Crippen LogP contribution in [-0.4, -0.2) is 37.7 Å². The van der Waals surface area contributed by atoms with Crippen molar-refractivity contribution in [1.82, 2.24) is 5.32 Å². The van der Waals surface area contributed by atoms with E-state index in [-0.39, 0.29) is 18.6 Å². The predicted octanol–water partition coefficient (Wildman–Crippen LogP) is 2.56. The number of carbonyl (C=O) groups is 2. The summed E-state index contributed by atoms with van der Waals surface area (Å²) in [6.07, 6.45) is 3.30. The molecular formula is C19H25NO5. The molecule has 1 aliphatic carbocycles. The van der Waals surface area contributed by atoms with Gasteiger partial charge in [0.15, 0.2) is 18.1 Å². The van der Waals surface area contributed by atoms with Gasteiger partial charge in [-0.3, -0.25) is 4.79 Å². The Balaban J connectivity index is 1.51. The van der Waals surface area contributed by atoms with Crippen LogP contribution in [0.2, 0.25) is 0 Å². The molecule has 1 saturated carbocycles. The summed E-state index contributed by atoms with van der Waals surface area (Å²) in [6.45, 7) is 5.05. The lowest BCUT2D eigenvalue weighted by Crippen LogP contribution is -2.45. The third-order valence-electron chi connectivity index (χ3n) is 5.17. The second kappa shape index (κ2) is 7.76. The Labute approximate surface area is 147 Å². The van der Waals surface area contributed by atoms with Crippen LogP contribution in [-0.2, 0) is 9.53 Å². The smallest absolute Gasteiger partial charge is 0.338 e. The summed E-state index contributed by atoms with van der Waals surface area (Å²) in [6, 6.07) is 5.03. The second-order valence-electron chi connectivity index (χ2n) is 6.88. The molecule has 0 spiro atoms. The Morgan fingerprint density at radius 3 is 2.72 bits per heavy atom. The Kier molecular flexibility index (Phi) is 5.46. The summed E-state index contributed by atoms with van der Waals surface area (Å²) in [7, 11) is 0. The average Bonchev–Trinajstić information content (AvgIpc) is 2.63. The lowest BCUT2D eigenvalue weighted by Gasteiger charge is -2.34. The molecule has 0 saturated heterocycles. The minimum atomic E-state index is -0.544. The molecule has 3 unspecified atom stereocenters. The van der Waals surface area contributed by atoms with E-state index in [1.807, 2.05) is 0 Å². The van der Waals surface area contributed by atoms with Gasteiger partial charge < -0.3 is 19.5 Å². The Bertz CT molecular complexity index is 645. The number of hydrogen-bond acceptors (Lipinski definition) is 5. The summed E-state index contributed by atoms with van der Waals surface area (Å²) in [5.74, 6) is 1.37. The molecule has 1 aromatic carbocycles. The van der Waals surface area contributed by atoms with Gasteiger partial charge in [-0.1, -0.05) is 26.7 Å². The van der Waals surface area contributed by atoms with E-state index in [0.717, 1.165) is 12.8 Å². The molecule has 136 valence electrons. The number of benzene rings is 1. The Morgan fingerprint density at radius 1 is 1.16 bits per heavy atom. The summed E-state index contributed by atoms with van der Waals surface area (Å²) >= 11 is 0. The summed E-state index contributed by atoms with van der Waals surface area (Å²) in [5, 5.41) is 2.99. The van der Waals surface area contributed by atoms with Crippen LogP contribution in [0.15, 0.2) is 18.2 Å². The predicted molar refractivity (Wildman–Crippen MR) is 91.8 cm³/mol. The van der Waals surface area contributed by atoms with Gasteiger partial charge in [-0.25, -0.2) is 4.79 Å². The van der Waals surface area contributed by atoms with E-state index in [4.69, 9.17) is 14.2 Å². The highest BCUT2D eigenvalue weighted by Gasteiger charge is 2.28. The number of nitrogens with one attached hydrogen (secondary N) is 1. The zero-order valence-corrected chi connectivity index (χ0v) is 14.7. The molecule has 6 nitrogen and oxygen atoms in total. The van der Waals surface area contributed by atoms with Gasteiger partial charge in [0.25, 0.3) is 5.91 Å². The summed E-state index contributed by atoms with van der Waals surface area (Å²) in [5.41, 5.74) is 0.344. The third kappa shape index (κ3) is 4.24. The van der Waals surface area contributed by atoms with Crippen molar-refractivity contribution < 1.29 is 23.8 Å². The Morgan fingerprint density at radius 2 is 1.92 bits per heavy atom. The van der Waals surface area contributed by atoms with Crippen LogP contribution in [0.1, 0.15) is 43.5 Å². The molecular weight excluding hydrogens is 322 g/mol. The standard InChI is InChI=1S/C19H25NO5/c1-12-4-3-5-15(13(12)2)20-18(21)11-25-19(22)14-6-7-16-17(10-14)24-9-8-23-16/h6-7,10,12-13,15H,3-5,8-9,11H2,1-2H3,(H,20,21). The van der Waals surface area contributed by atoms with Crippen LogP contribution in [0.4, 0.5) is 0 Å².